The van der Waals surface area contributed by atoms with Crippen molar-refractivity contribution in [2.24, 2.45) is 0 Å². The molecule has 27 heavy (non-hydrogen) atoms. The molecule has 2 aromatic carbocycles. The SMILES string of the molecule is CC1(C)c2cc(OC[C@H](O)CO)ccc2C(=O)c2c1oc1cc(I)ccc21. The molecular formula is C21H19IO5. The molecule has 0 aliphatic heterocycles. The summed E-state index contributed by atoms with van der Waals surface area (Å²) in [6.45, 7) is 3.67. The van der Waals surface area contributed by atoms with E-state index in [1.807, 2.05) is 38.1 Å². The fourth-order valence-electron chi connectivity index (χ4n) is 3.57. The molecule has 0 saturated heterocycles. The molecule has 1 aromatic heterocycles. The standard InChI is InChI=1S/C21H19IO5/c1-21(2)16-8-13(26-10-12(24)9-23)4-6-14(16)19(25)18-15-5-3-11(22)7-17(15)27-20(18)21/h3-8,12,23-24H,9-10H2,1-2H3/t12-/m1/s1. The summed E-state index contributed by atoms with van der Waals surface area (Å²) in [6.07, 6.45) is -0.944. The Balaban J connectivity index is 1.83. The maximum absolute atomic E-state index is 13.2. The van der Waals surface area contributed by atoms with E-state index in [-0.39, 0.29) is 19.0 Å². The summed E-state index contributed by atoms with van der Waals surface area (Å²) < 4.78 is 12.7. The van der Waals surface area contributed by atoms with E-state index in [9.17, 15) is 9.90 Å². The minimum Gasteiger partial charge on any atom is -0.491 e. The van der Waals surface area contributed by atoms with Crippen molar-refractivity contribution in [1.29, 1.82) is 0 Å². The highest BCUT2D eigenvalue weighted by atomic mass is 127. The van der Waals surface area contributed by atoms with Crippen LogP contribution in [0.1, 0.15) is 41.1 Å². The molecule has 0 fully saturated rings. The predicted octanol–water partition coefficient (Wildman–Crippen LogP) is 3.64. The van der Waals surface area contributed by atoms with Crippen molar-refractivity contribution in [2.75, 3.05) is 13.2 Å². The summed E-state index contributed by atoms with van der Waals surface area (Å²) in [5.74, 6) is 1.14. The van der Waals surface area contributed by atoms with Crippen LogP contribution in [-0.4, -0.2) is 35.3 Å². The van der Waals surface area contributed by atoms with Crippen molar-refractivity contribution >= 4 is 39.3 Å². The van der Waals surface area contributed by atoms with Crippen LogP contribution in [0.25, 0.3) is 11.0 Å². The van der Waals surface area contributed by atoms with E-state index in [2.05, 4.69) is 22.6 Å². The second-order valence-electron chi connectivity index (χ2n) is 7.26. The Morgan fingerprint density at radius 3 is 2.74 bits per heavy atom. The highest BCUT2D eigenvalue weighted by molar-refractivity contribution is 14.1. The van der Waals surface area contributed by atoms with E-state index >= 15 is 0 Å². The van der Waals surface area contributed by atoms with Gasteiger partial charge >= 0.3 is 0 Å². The molecule has 2 N–H and O–H groups in total. The van der Waals surface area contributed by atoms with Crippen molar-refractivity contribution in [3.05, 3.63) is 62.4 Å². The van der Waals surface area contributed by atoms with Gasteiger partial charge in [0, 0.05) is 19.9 Å². The van der Waals surface area contributed by atoms with E-state index < -0.39 is 11.5 Å². The Kier molecular flexibility index (Phi) is 4.52. The topological polar surface area (TPSA) is 79.9 Å². The number of carbonyl (C=O) groups is 1. The summed E-state index contributed by atoms with van der Waals surface area (Å²) in [4.78, 5) is 13.2. The zero-order valence-electron chi connectivity index (χ0n) is 15.0. The third-order valence-electron chi connectivity index (χ3n) is 5.01. The highest BCUT2D eigenvalue weighted by Crippen LogP contribution is 2.46. The summed E-state index contributed by atoms with van der Waals surface area (Å²) in [7, 11) is 0. The van der Waals surface area contributed by atoms with E-state index in [0.29, 0.717) is 28.2 Å². The van der Waals surface area contributed by atoms with Crippen molar-refractivity contribution in [3.63, 3.8) is 0 Å². The molecule has 1 aliphatic carbocycles. The van der Waals surface area contributed by atoms with Gasteiger partial charge in [-0.1, -0.05) is 0 Å². The largest absolute Gasteiger partial charge is 0.491 e. The van der Waals surface area contributed by atoms with Crippen molar-refractivity contribution in [2.45, 2.75) is 25.4 Å². The molecule has 0 unspecified atom stereocenters. The Morgan fingerprint density at radius 1 is 1.22 bits per heavy atom. The number of rotatable bonds is 4. The minimum absolute atomic E-state index is 0.0159. The number of carbonyl (C=O) groups excluding carboxylic acids is 1. The van der Waals surface area contributed by atoms with Gasteiger partial charge in [0.25, 0.3) is 0 Å². The number of aliphatic hydroxyl groups excluding tert-OH is 2. The zero-order chi connectivity index (χ0) is 19.3. The number of aliphatic hydroxyl groups is 2. The monoisotopic (exact) mass is 478 g/mol. The van der Waals surface area contributed by atoms with E-state index in [0.717, 1.165) is 14.5 Å². The quantitative estimate of drug-likeness (QED) is 0.560. The van der Waals surface area contributed by atoms with E-state index in [4.69, 9.17) is 14.3 Å². The van der Waals surface area contributed by atoms with Crippen molar-refractivity contribution < 1.29 is 24.2 Å². The molecule has 0 radical (unpaired) electrons. The van der Waals surface area contributed by atoms with Crippen LogP contribution in [0.3, 0.4) is 0 Å². The van der Waals surface area contributed by atoms with Crippen LogP contribution in [0.5, 0.6) is 5.75 Å². The lowest BCUT2D eigenvalue weighted by molar-refractivity contribution is 0.0535. The Bertz CT molecular complexity index is 1050. The summed E-state index contributed by atoms with van der Waals surface area (Å²) in [5.41, 5.74) is 2.28. The molecule has 0 spiro atoms. The second kappa shape index (κ2) is 6.61. The average Bonchev–Trinajstić information content (AvgIpc) is 3.04. The lowest BCUT2D eigenvalue weighted by Crippen LogP contribution is -2.29. The van der Waals surface area contributed by atoms with Crippen molar-refractivity contribution in [1.82, 2.24) is 0 Å². The maximum atomic E-state index is 13.2. The highest BCUT2D eigenvalue weighted by Gasteiger charge is 2.41. The first kappa shape index (κ1) is 18.5. The molecule has 3 aromatic rings. The molecule has 0 bridgehead atoms. The van der Waals surface area contributed by atoms with Gasteiger partial charge in [-0.05, 0) is 78.4 Å². The molecule has 5 nitrogen and oxygen atoms in total. The Hall–Kier alpha value is -1.90. The maximum Gasteiger partial charge on any atom is 0.197 e. The summed E-state index contributed by atoms with van der Waals surface area (Å²) in [5, 5.41) is 19.3. The minimum atomic E-state index is -0.944. The molecule has 140 valence electrons. The molecular weight excluding hydrogens is 459 g/mol. The normalized spacial score (nSPS) is 16.1. The number of ketones is 1. The molecule has 0 saturated carbocycles. The van der Waals surface area contributed by atoms with Gasteiger partial charge in [0.1, 0.15) is 29.8 Å². The fraction of sp³-hybridized carbons (Fsp3) is 0.286. The van der Waals surface area contributed by atoms with Crippen LogP contribution >= 0.6 is 22.6 Å². The van der Waals surface area contributed by atoms with Gasteiger partial charge in [-0.2, -0.15) is 0 Å². The number of hydrogen-bond acceptors (Lipinski definition) is 5. The second-order valence-corrected chi connectivity index (χ2v) is 8.50. The number of benzene rings is 2. The van der Waals surface area contributed by atoms with Crippen molar-refractivity contribution in [3.8, 4) is 5.75 Å². The van der Waals surface area contributed by atoms with Crippen LogP contribution in [0, 0.1) is 3.57 Å². The van der Waals surface area contributed by atoms with Gasteiger partial charge in [0.2, 0.25) is 0 Å². The van der Waals surface area contributed by atoms with Gasteiger partial charge in [0.15, 0.2) is 5.78 Å². The van der Waals surface area contributed by atoms with Gasteiger partial charge in [-0.15, -0.1) is 0 Å². The molecule has 1 heterocycles. The number of fused-ring (bicyclic) bond motifs is 4. The lowest BCUT2D eigenvalue weighted by atomic mass is 9.72. The molecule has 1 aliphatic rings. The number of halogens is 1. The number of ether oxygens (including phenoxy) is 1. The first-order valence-corrected chi connectivity index (χ1v) is 9.74. The summed E-state index contributed by atoms with van der Waals surface area (Å²) >= 11 is 2.22. The third-order valence-corrected chi connectivity index (χ3v) is 5.68. The Labute approximate surface area is 170 Å². The van der Waals surface area contributed by atoms with Gasteiger partial charge in [-0.3, -0.25) is 4.79 Å². The van der Waals surface area contributed by atoms with Gasteiger partial charge in [0.05, 0.1) is 12.2 Å². The van der Waals surface area contributed by atoms with Crippen LogP contribution in [0.4, 0.5) is 0 Å². The van der Waals surface area contributed by atoms with Crippen LogP contribution < -0.4 is 4.74 Å². The molecule has 1 atom stereocenters. The zero-order valence-corrected chi connectivity index (χ0v) is 17.1. The first-order chi connectivity index (χ1) is 12.8. The number of furan rings is 1. The molecule has 6 heteroatoms. The Morgan fingerprint density at radius 2 is 2.00 bits per heavy atom. The lowest BCUT2D eigenvalue weighted by Gasteiger charge is -2.31. The van der Waals surface area contributed by atoms with Gasteiger partial charge < -0.3 is 19.4 Å². The molecule has 4 rings (SSSR count). The van der Waals surface area contributed by atoms with E-state index in [1.54, 1.807) is 12.1 Å². The molecule has 0 amide bonds. The van der Waals surface area contributed by atoms with Gasteiger partial charge in [-0.25, -0.2) is 0 Å². The van der Waals surface area contributed by atoms with Crippen LogP contribution in [-0.2, 0) is 5.41 Å². The first-order valence-electron chi connectivity index (χ1n) is 8.66. The average molecular weight is 478 g/mol. The summed E-state index contributed by atoms with van der Waals surface area (Å²) in [6, 6.07) is 11.1. The van der Waals surface area contributed by atoms with Crippen LogP contribution in [0.15, 0.2) is 40.8 Å². The van der Waals surface area contributed by atoms with Crippen LogP contribution in [0.2, 0.25) is 0 Å². The predicted molar refractivity (Wildman–Crippen MR) is 110 cm³/mol. The van der Waals surface area contributed by atoms with E-state index in [1.165, 1.54) is 0 Å². The number of hydrogen-bond donors (Lipinski definition) is 2. The smallest absolute Gasteiger partial charge is 0.197 e. The fourth-order valence-corrected chi connectivity index (χ4v) is 4.03. The third kappa shape index (κ3) is 2.96.